The molecule has 1 saturated heterocycles. The van der Waals surface area contributed by atoms with E-state index in [0.717, 1.165) is 61.0 Å². The van der Waals surface area contributed by atoms with Crippen molar-refractivity contribution in [3.63, 3.8) is 0 Å². The molecule has 0 saturated carbocycles. The van der Waals surface area contributed by atoms with Crippen molar-refractivity contribution in [2.24, 2.45) is 0 Å². The summed E-state index contributed by atoms with van der Waals surface area (Å²) in [5.74, 6) is -9.45. The first-order valence-electron chi connectivity index (χ1n) is 11.7. The van der Waals surface area contributed by atoms with Crippen LogP contribution in [-0.2, 0) is 12.8 Å². The number of nitrogens with zero attached hydrogens (tertiary/aromatic N) is 2. The zero-order valence-electron chi connectivity index (χ0n) is 18.4. The number of aryl methyl sites for hydroxylation is 2. The molecule has 0 aromatic heterocycles. The molecule has 0 bridgehead atoms. The van der Waals surface area contributed by atoms with Crippen LogP contribution in [0.2, 0.25) is 0 Å². The standard InChI is InChI=1S/C27H23F5N2/c28-22-21(23(29)25(31)26(32)24(22)30)27-33-17-11-3-1-7-15(17)9-5-13-19(33)20-14-6-10-16-8-2-4-12-18(16)34(20)27/h1-4,7-8,11-12,19-20,27H,5-6,9-10,13-14H2/t19-,20+,27?. The number of para-hydroxylation sites is 2. The third-order valence-electron chi connectivity index (χ3n) is 7.62. The average molecular weight is 470 g/mol. The summed E-state index contributed by atoms with van der Waals surface area (Å²) in [4.78, 5) is 3.85. The monoisotopic (exact) mass is 470 g/mol. The van der Waals surface area contributed by atoms with Crippen LogP contribution >= 0.6 is 0 Å². The van der Waals surface area contributed by atoms with Crippen LogP contribution in [0.15, 0.2) is 48.5 Å². The van der Waals surface area contributed by atoms with Crippen LogP contribution in [0.5, 0.6) is 0 Å². The second-order valence-corrected chi connectivity index (χ2v) is 9.35. The van der Waals surface area contributed by atoms with Gasteiger partial charge in [0.2, 0.25) is 5.82 Å². The highest BCUT2D eigenvalue weighted by Gasteiger charge is 2.52. The van der Waals surface area contributed by atoms with E-state index in [1.54, 1.807) is 0 Å². The molecule has 3 atom stereocenters. The Bertz CT molecular complexity index is 1180. The normalized spacial score (nSPS) is 23.5. The lowest BCUT2D eigenvalue weighted by Gasteiger charge is -2.36. The number of halogens is 5. The molecule has 0 radical (unpaired) electrons. The van der Waals surface area contributed by atoms with E-state index in [1.807, 2.05) is 58.3 Å². The van der Waals surface area contributed by atoms with Crippen LogP contribution < -0.4 is 9.80 Å². The number of benzene rings is 3. The van der Waals surface area contributed by atoms with Gasteiger partial charge in [0.15, 0.2) is 23.3 Å². The summed E-state index contributed by atoms with van der Waals surface area (Å²) in [6.07, 6.45) is 3.75. The predicted molar refractivity (Wildman–Crippen MR) is 120 cm³/mol. The third kappa shape index (κ3) is 2.98. The summed E-state index contributed by atoms with van der Waals surface area (Å²) in [6.45, 7) is 0. The van der Waals surface area contributed by atoms with Crippen molar-refractivity contribution in [3.8, 4) is 0 Å². The van der Waals surface area contributed by atoms with Gasteiger partial charge in [0.05, 0.1) is 17.6 Å². The van der Waals surface area contributed by atoms with Crippen LogP contribution in [0.1, 0.15) is 48.5 Å². The highest BCUT2D eigenvalue weighted by Crippen LogP contribution is 2.51. The van der Waals surface area contributed by atoms with E-state index in [9.17, 15) is 13.2 Å². The molecule has 6 rings (SSSR count). The molecule has 1 fully saturated rings. The first-order chi connectivity index (χ1) is 16.5. The Kier molecular flexibility index (Phi) is 5.04. The smallest absolute Gasteiger partial charge is 0.200 e. The Morgan fingerprint density at radius 2 is 0.971 bits per heavy atom. The van der Waals surface area contributed by atoms with E-state index in [4.69, 9.17) is 0 Å². The summed E-state index contributed by atoms with van der Waals surface area (Å²) in [5, 5.41) is 0. The molecule has 3 aromatic carbocycles. The van der Waals surface area contributed by atoms with Crippen molar-refractivity contribution in [2.45, 2.75) is 56.8 Å². The Morgan fingerprint density at radius 1 is 0.559 bits per heavy atom. The zero-order chi connectivity index (χ0) is 23.6. The van der Waals surface area contributed by atoms with Gasteiger partial charge in [-0.25, -0.2) is 22.0 Å². The van der Waals surface area contributed by atoms with E-state index < -0.39 is 40.8 Å². The van der Waals surface area contributed by atoms with Gasteiger partial charge in [-0.1, -0.05) is 36.4 Å². The molecule has 0 amide bonds. The van der Waals surface area contributed by atoms with Crippen molar-refractivity contribution >= 4 is 11.4 Å². The number of hydrogen-bond acceptors (Lipinski definition) is 2. The minimum Gasteiger partial charge on any atom is -0.342 e. The molecule has 0 aliphatic carbocycles. The van der Waals surface area contributed by atoms with Gasteiger partial charge < -0.3 is 9.80 Å². The first-order valence-corrected chi connectivity index (χ1v) is 11.7. The highest BCUT2D eigenvalue weighted by atomic mass is 19.2. The number of anilines is 2. The van der Waals surface area contributed by atoms with Gasteiger partial charge in [-0.3, -0.25) is 0 Å². The predicted octanol–water partition coefficient (Wildman–Crippen LogP) is 6.82. The molecule has 3 heterocycles. The van der Waals surface area contributed by atoms with Crippen LogP contribution in [0, 0.1) is 29.1 Å². The van der Waals surface area contributed by atoms with Gasteiger partial charge in [-0.05, 0) is 61.8 Å². The molecule has 176 valence electrons. The van der Waals surface area contributed by atoms with Gasteiger partial charge in [0, 0.05) is 11.4 Å². The van der Waals surface area contributed by atoms with Crippen LogP contribution in [0.25, 0.3) is 0 Å². The Morgan fingerprint density at radius 3 is 1.44 bits per heavy atom. The maximum atomic E-state index is 15.4. The summed E-state index contributed by atoms with van der Waals surface area (Å²) < 4.78 is 73.6. The molecule has 7 heteroatoms. The van der Waals surface area contributed by atoms with Crippen molar-refractivity contribution in [3.05, 3.63) is 94.3 Å². The van der Waals surface area contributed by atoms with Gasteiger partial charge in [0.25, 0.3) is 0 Å². The van der Waals surface area contributed by atoms with Crippen LogP contribution in [0.4, 0.5) is 33.3 Å². The van der Waals surface area contributed by atoms with Gasteiger partial charge in [0.1, 0.15) is 6.17 Å². The lowest BCUT2D eigenvalue weighted by Crippen LogP contribution is -2.36. The van der Waals surface area contributed by atoms with Gasteiger partial charge >= 0.3 is 0 Å². The van der Waals surface area contributed by atoms with E-state index >= 15 is 8.78 Å². The maximum Gasteiger partial charge on any atom is 0.200 e. The lowest BCUT2D eigenvalue weighted by atomic mass is 9.98. The largest absolute Gasteiger partial charge is 0.342 e. The van der Waals surface area contributed by atoms with Crippen LogP contribution in [0.3, 0.4) is 0 Å². The van der Waals surface area contributed by atoms with E-state index in [1.165, 1.54) is 0 Å². The second kappa shape index (κ2) is 8.00. The average Bonchev–Trinajstić information content (AvgIpc) is 2.98. The zero-order valence-corrected chi connectivity index (χ0v) is 18.4. The molecule has 1 unspecified atom stereocenters. The fourth-order valence-corrected chi connectivity index (χ4v) is 6.23. The molecule has 3 aliphatic rings. The van der Waals surface area contributed by atoms with E-state index in [0.29, 0.717) is 0 Å². The summed E-state index contributed by atoms with van der Waals surface area (Å²) in [5.41, 5.74) is 2.85. The number of fused-ring (bicyclic) bond motifs is 7. The molecular formula is C27H23F5N2. The quantitative estimate of drug-likeness (QED) is 0.219. The Balaban J connectivity index is 1.67. The third-order valence-corrected chi connectivity index (χ3v) is 7.62. The number of hydrogen-bond donors (Lipinski definition) is 0. The molecule has 3 aliphatic heterocycles. The molecule has 0 N–H and O–H groups in total. The Labute approximate surface area is 194 Å². The molecular weight excluding hydrogens is 447 g/mol. The van der Waals surface area contributed by atoms with Crippen molar-refractivity contribution in [2.75, 3.05) is 9.80 Å². The molecule has 34 heavy (non-hydrogen) atoms. The SMILES string of the molecule is Fc1c(F)c(F)c(C2N3c4ccccc4CCC[C@@H]3[C@@H]3CCCc4ccccc4N23)c(F)c1F. The molecule has 3 aromatic rings. The molecule has 0 spiro atoms. The van der Waals surface area contributed by atoms with Crippen molar-refractivity contribution in [1.82, 2.24) is 0 Å². The fraction of sp³-hybridized carbons (Fsp3) is 0.333. The maximum absolute atomic E-state index is 15.4. The Hall–Kier alpha value is -3.09. The van der Waals surface area contributed by atoms with Gasteiger partial charge in [-0.2, -0.15) is 0 Å². The number of rotatable bonds is 1. The lowest BCUT2D eigenvalue weighted by molar-refractivity contribution is 0.363. The fourth-order valence-electron chi connectivity index (χ4n) is 6.23. The summed E-state index contributed by atoms with van der Waals surface area (Å²) in [7, 11) is 0. The van der Waals surface area contributed by atoms with E-state index in [-0.39, 0.29) is 12.1 Å². The van der Waals surface area contributed by atoms with Gasteiger partial charge in [-0.15, -0.1) is 0 Å². The second-order valence-electron chi connectivity index (χ2n) is 9.35. The van der Waals surface area contributed by atoms with Crippen molar-refractivity contribution in [1.29, 1.82) is 0 Å². The first kappa shape index (κ1) is 21.4. The minimum absolute atomic E-state index is 0.116. The van der Waals surface area contributed by atoms with E-state index in [2.05, 4.69) is 0 Å². The highest BCUT2D eigenvalue weighted by molar-refractivity contribution is 5.67. The minimum atomic E-state index is -2.13. The summed E-state index contributed by atoms with van der Waals surface area (Å²) >= 11 is 0. The topological polar surface area (TPSA) is 6.48 Å². The van der Waals surface area contributed by atoms with Crippen molar-refractivity contribution < 1.29 is 22.0 Å². The summed E-state index contributed by atoms with van der Waals surface area (Å²) in [6, 6.07) is 15.0. The molecule has 2 nitrogen and oxygen atoms in total. The van der Waals surface area contributed by atoms with Crippen LogP contribution in [-0.4, -0.2) is 12.1 Å².